The van der Waals surface area contributed by atoms with Gasteiger partial charge in [0.2, 0.25) is 0 Å². The Morgan fingerprint density at radius 1 is 1.00 bits per heavy atom. The lowest BCUT2D eigenvalue weighted by molar-refractivity contribution is -0.131. The highest BCUT2D eigenvalue weighted by Gasteiger charge is 2.02. The summed E-state index contributed by atoms with van der Waals surface area (Å²) in [5, 5.41) is 2.02. The molecule has 3 nitrogen and oxygen atoms in total. The molecule has 92 valence electrons. The first-order chi connectivity index (χ1) is 8.54. The van der Waals surface area contributed by atoms with Gasteiger partial charge in [0, 0.05) is 13.3 Å². The minimum absolute atomic E-state index is 0.144. The second-order valence-corrected chi connectivity index (χ2v) is 4.32. The van der Waals surface area contributed by atoms with Gasteiger partial charge in [-0.05, 0) is 35.4 Å². The van der Waals surface area contributed by atoms with Gasteiger partial charge in [0.25, 0.3) is 0 Å². The molecular formula is C15H14O3. The van der Waals surface area contributed by atoms with E-state index in [-0.39, 0.29) is 11.8 Å². The van der Waals surface area contributed by atoms with E-state index in [9.17, 15) is 9.59 Å². The molecular weight excluding hydrogens is 228 g/mol. The van der Waals surface area contributed by atoms with E-state index < -0.39 is 0 Å². The highest BCUT2D eigenvalue weighted by Crippen LogP contribution is 2.22. The molecule has 0 fully saturated rings. The van der Waals surface area contributed by atoms with Crippen molar-refractivity contribution >= 4 is 22.5 Å². The number of ketones is 1. The van der Waals surface area contributed by atoms with Crippen LogP contribution in [0.1, 0.15) is 19.4 Å². The Kier molecular flexibility index (Phi) is 3.42. The van der Waals surface area contributed by atoms with Crippen LogP contribution in [0.25, 0.3) is 10.8 Å². The van der Waals surface area contributed by atoms with Crippen LogP contribution in [-0.2, 0) is 16.0 Å². The van der Waals surface area contributed by atoms with E-state index >= 15 is 0 Å². The van der Waals surface area contributed by atoms with Crippen LogP contribution in [0.5, 0.6) is 5.75 Å². The Morgan fingerprint density at radius 2 is 1.67 bits per heavy atom. The zero-order chi connectivity index (χ0) is 13.1. The molecule has 0 N–H and O–H groups in total. The predicted molar refractivity (Wildman–Crippen MR) is 69.6 cm³/mol. The Balaban J connectivity index is 2.35. The topological polar surface area (TPSA) is 43.4 Å². The Bertz CT molecular complexity index is 559. The maximum absolute atomic E-state index is 11.1. The lowest BCUT2D eigenvalue weighted by Gasteiger charge is -2.05. The summed E-state index contributed by atoms with van der Waals surface area (Å²) in [6, 6.07) is 11.3. The van der Waals surface area contributed by atoms with Crippen molar-refractivity contribution in [2.75, 3.05) is 0 Å². The molecule has 0 bridgehead atoms. The molecule has 3 heteroatoms. The highest BCUT2D eigenvalue weighted by atomic mass is 16.5. The fourth-order valence-corrected chi connectivity index (χ4v) is 1.90. The third kappa shape index (κ3) is 2.94. The number of esters is 1. The van der Waals surface area contributed by atoms with Gasteiger partial charge in [0.05, 0.1) is 0 Å². The third-order valence-electron chi connectivity index (χ3n) is 2.59. The quantitative estimate of drug-likeness (QED) is 0.614. The van der Waals surface area contributed by atoms with Crippen LogP contribution >= 0.6 is 0 Å². The summed E-state index contributed by atoms with van der Waals surface area (Å²) in [6.45, 7) is 2.95. The predicted octanol–water partition coefficient (Wildman–Crippen LogP) is 2.90. The molecule has 0 spiro atoms. The number of benzene rings is 2. The van der Waals surface area contributed by atoms with E-state index in [4.69, 9.17) is 4.74 Å². The summed E-state index contributed by atoms with van der Waals surface area (Å²) < 4.78 is 5.02. The highest BCUT2D eigenvalue weighted by molar-refractivity contribution is 5.87. The van der Waals surface area contributed by atoms with Crippen LogP contribution < -0.4 is 4.74 Å². The first-order valence-corrected chi connectivity index (χ1v) is 5.75. The zero-order valence-electron chi connectivity index (χ0n) is 10.4. The molecule has 18 heavy (non-hydrogen) atoms. The van der Waals surface area contributed by atoms with Crippen LogP contribution in [0.3, 0.4) is 0 Å². The monoisotopic (exact) mass is 242 g/mol. The average molecular weight is 242 g/mol. The molecule has 0 aliphatic rings. The standard InChI is InChI=1S/C15H14O3/c1-10(16)7-12-3-4-14-9-15(18-11(2)17)6-5-13(14)8-12/h3-6,8-9H,7H2,1-2H3. The van der Waals surface area contributed by atoms with E-state index in [1.54, 1.807) is 13.0 Å². The first-order valence-electron chi connectivity index (χ1n) is 5.75. The molecule has 0 saturated heterocycles. The number of hydrogen-bond acceptors (Lipinski definition) is 3. The molecule has 0 aliphatic heterocycles. The first kappa shape index (κ1) is 12.3. The van der Waals surface area contributed by atoms with E-state index in [2.05, 4.69) is 0 Å². The molecule has 0 aliphatic carbocycles. The lowest BCUT2D eigenvalue weighted by atomic mass is 10.0. The number of ether oxygens (including phenoxy) is 1. The molecule has 0 amide bonds. The Morgan fingerprint density at radius 3 is 2.33 bits per heavy atom. The van der Waals surface area contributed by atoms with Crippen molar-refractivity contribution < 1.29 is 14.3 Å². The van der Waals surface area contributed by atoms with Crippen molar-refractivity contribution in [3.63, 3.8) is 0 Å². The second-order valence-electron chi connectivity index (χ2n) is 4.32. The van der Waals surface area contributed by atoms with Gasteiger partial charge in [-0.15, -0.1) is 0 Å². The fraction of sp³-hybridized carbons (Fsp3) is 0.200. The van der Waals surface area contributed by atoms with Gasteiger partial charge in [-0.25, -0.2) is 0 Å². The van der Waals surface area contributed by atoms with Crippen LogP contribution in [0.2, 0.25) is 0 Å². The summed E-state index contributed by atoms with van der Waals surface area (Å²) in [6.07, 6.45) is 0.446. The molecule has 2 aromatic carbocycles. The minimum Gasteiger partial charge on any atom is -0.427 e. The fourth-order valence-electron chi connectivity index (χ4n) is 1.90. The number of hydrogen-bond donors (Lipinski definition) is 0. The largest absolute Gasteiger partial charge is 0.427 e. The SMILES string of the molecule is CC(=O)Cc1ccc2cc(OC(C)=O)ccc2c1. The Labute approximate surface area is 105 Å². The van der Waals surface area contributed by atoms with E-state index in [0.717, 1.165) is 16.3 Å². The molecule has 0 radical (unpaired) electrons. The summed E-state index contributed by atoms with van der Waals surface area (Å²) in [4.78, 5) is 21.9. The zero-order valence-corrected chi connectivity index (χ0v) is 10.4. The second kappa shape index (κ2) is 5.00. The van der Waals surface area contributed by atoms with Gasteiger partial charge in [-0.3, -0.25) is 9.59 Å². The maximum Gasteiger partial charge on any atom is 0.308 e. The lowest BCUT2D eigenvalue weighted by Crippen LogP contribution is -2.01. The number of rotatable bonds is 3. The summed E-state index contributed by atoms with van der Waals surface area (Å²) in [5.41, 5.74) is 0.996. The molecule has 0 heterocycles. The number of carbonyl (C=O) groups is 2. The van der Waals surface area contributed by atoms with Crippen LogP contribution in [0.4, 0.5) is 0 Å². The molecule has 0 unspecified atom stereocenters. The van der Waals surface area contributed by atoms with Gasteiger partial charge in [-0.2, -0.15) is 0 Å². The van der Waals surface area contributed by atoms with Crippen LogP contribution in [0.15, 0.2) is 36.4 Å². The van der Waals surface area contributed by atoms with E-state index in [1.165, 1.54) is 6.92 Å². The Hall–Kier alpha value is -2.16. The smallest absolute Gasteiger partial charge is 0.308 e. The summed E-state index contributed by atoms with van der Waals surface area (Å²) >= 11 is 0. The van der Waals surface area contributed by atoms with Gasteiger partial charge >= 0.3 is 5.97 Å². The summed E-state index contributed by atoms with van der Waals surface area (Å²) in [5.74, 6) is 0.350. The van der Waals surface area contributed by atoms with Crippen LogP contribution in [-0.4, -0.2) is 11.8 Å². The normalized spacial score (nSPS) is 10.3. The van der Waals surface area contributed by atoms with Gasteiger partial charge < -0.3 is 4.74 Å². The summed E-state index contributed by atoms with van der Waals surface area (Å²) in [7, 11) is 0. The van der Waals surface area contributed by atoms with Crippen molar-refractivity contribution in [2.45, 2.75) is 20.3 Å². The molecule has 0 atom stereocenters. The van der Waals surface area contributed by atoms with Crippen molar-refractivity contribution in [1.82, 2.24) is 0 Å². The number of fused-ring (bicyclic) bond motifs is 1. The van der Waals surface area contributed by atoms with E-state index in [0.29, 0.717) is 12.2 Å². The van der Waals surface area contributed by atoms with Crippen molar-refractivity contribution in [2.24, 2.45) is 0 Å². The molecule has 0 saturated carbocycles. The molecule has 2 aromatic rings. The van der Waals surface area contributed by atoms with Gasteiger partial charge in [0.15, 0.2) is 0 Å². The maximum atomic E-state index is 11.1. The van der Waals surface area contributed by atoms with E-state index in [1.807, 2.05) is 30.3 Å². The van der Waals surface area contributed by atoms with Crippen molar-refractivity contribution in [3.8, 4) is 5.75 Å². The molecule has 2 rings (SSSR count). The average Bonchev–Trinajstić information content (AvgIpc) is 2.27. The van der Waals surface area contributed by atoms with Gasteiger partial charge in [0.1, 0.15) is 11.5 Å². The third-order valence-corrected chi connectivity index (χ3v) is 2.59. The minimum atomic E-state index is -0.331. The van der Waals surface area contributed by atoms with Crippen LogP contribution in [0, 0.1) is 0 Å². The van der Waals surface area contributed by atoms with Gasteiger partial charge in [-0.1, -0.05) is 24.3 Å². The number of Topliss-reactive ketones (excluding diaryl/α,β-unsaturated/α-hetero) is 1. The number of carbonyl (C=O) groups excluding carboxylic acids is 2. The molecule has 0 aromatic heterocycles. The van der Waals surface area contributed by atoms with Crippen molar-refractivity contribution in [1.29, 1.82) is 0 Å². The van der Waals surface area contributed by atoms with Crippen molar-refractivity contribution in [3.05, 3.63) is 42.0 Å².